The Morgan fingerprint density at radius 3 is 2.56 bits per heavy atom. The molecule has 0 aliphatic carbocycles. The Morgan fingerprint density at radius 2 is 2.06 bits per heavy atom. The van der Waals surface area contributed by atoms with E-state index in [1.165, 1.54) is 0 Å². The molecule has 1 amide bonds. The summed E-state index contributed by atoms with van der Waals surface area (Å²) in [6.07, 6.45) is 0.768. The summed E-state index contributed by atoms with van der Waals surface area (Å²) >= 11 is 0. The van der Waals surface area contributed by atoms with Gasteiger partial charge in [-0.25, -0.2) is 4.79 Å². The number of ether oxygens (including phenoxy) is 1. The summed E-state index contributed by atoms with van der Waals surface area (Å²) in [5, 5.41) is 3.33. The highest BCUT2D eigenvalue weighted by Gasteiger charge is 2.33. The van der Waals surface area contributed by atoms with Crippen LogP contribution in [0.5, 0.6) is 0 Å². The van der Waals surface area contributed by atoms with Gasteiger partial charge >= 0.3 is 6.09 Å². The molecule has 0 aromatic rings. The number of amides is 1. The number of carbonyl (C=O) groups is 1. The molecule has 1 aliphatic heterocycles. The summed E-state index contributed by atoms with van der Waals surface area (Å²) in [4.78, 5) is 13.9. The Balaban J connectivity index is 2.70. The quantitative estimate of drug-likeness (QED) is 0.746. The van der Waals surface area contributed by atoms with Crippen LogP contribution in [0.3, 0.4) is 0 Å². The summed E-state index contributed by atoms with van der Waals surface area (Å²) in [5.74, 6) is 0. The van der Waals surface area contributed by atoms with E-state index in [9.17, 15) is 4.79 Å². The van der Waals surface area contributed by atoms with Crippen LogP contribution in [0, 0.1) is 0 Å². The van der Waals surface area contributed by atoms with Crippen molar-refractivity contribution in [1.29, 1.82) is 0 Å². The van der Waals surface area contributed by atoms with Crippen LogP contribution in [0.2, 0.25) is 0 Å². The van der Waals surface area contributed by atoms with Crippen LogP contribution in [0.25, 0.3) is 0 Å². The minimum Gasteiger partial charge on any atom is -0.444 e. The van der Waals surface area contributed by atoms with Crippen molar-refractivity contribution in [3.8, 4) is 0 Å². The molecule has 94 valence electrons. The van der Waals surface area contributed by atoms with Crippen molar-refractivity contribution in [3.05, 3.63) is 0 Å². The van der Waals surface area contributed by atoms with E-state index < -0.39 is 5.60 Å². The maximum atomic E-state index is 12.1. The van der Waals surface area contributed by atoms with E-state index in [0.717, 1.165) is 19.5 Å². The molecule has 1 saturated heterocycles. The van der Waals surface area contributed by atoms with Crippen molar-refractivity contribution < 1.29 is 9.53 Å². The maximum absolute atomic E-state index is 12.1. The number of nitrogens with zero attached hydrogens (tertiary/aromatic N) is 1. The molecule has 1 fully saturated rings. The highest BCUT2D eigenvalue weighted by molar-refractivity contribution is 5.69. The van der Waals surface area contributed by atoms with E-state index in [-0.39, 0.29) is 18.2 Å². The lowest BCUT2D eigenvalue weighted by Crippen LogP contribution is -2.58. The summed E-state index contributed by atoms with van der Waals surface area (Å²) in [7, 11) is 0. The van der Waals surface area contributed by atoms with Gasteiger partial charge in [-0.3, -0.25) is 4.90 Å². The van der Waals surface area contributed by atoms with Gasteiger partial charge in [-0.1, -0.05) is 6.92 Å². The third-order valence-electron chi connectivity index (χ3n) is 2.76. The van der Waals surface area contributed by atoms with Gasteiger partial charge in [0.05, 0.1) is 0 Å². The number of piperazine rings is 1. The molecule has 1 aliphatic rings. The molecule has 2 atom stereocenters. The van der Waals surface area contributed by atoms with E-state index in [4.69, 9.17) is 4.74 Å². The van der Waals surface area contributed by atoms with Gasteiger partial charge in [0.25, 0.3) is 0 Å². The first kappa shape index (κ1) is 13.3. The van der Waals surface area contributed by atoms with Crippen molar-refractivity contribution >= 4 is 6.09 Å². The monoisotopic (exact) mass is 228 g/mol. The summed E-state index contributed by atoms with van der Waals surface area (Å²) < 4.78 is 5.44. The van der Waals surface area contributed by atoms with Crippen molar-refractivity contribution in [2.24, 2.45) is 0 Å². The maximum Gasteiger partial charge on any atom is 0.410 e. The summed E-state index contributed by atoms with van der Waals surface area (Å²) in [6.45, 7) is 11.6. The van der Waals surface area contributed by atoms with Crippen molar-refractivity contribution in [2.75, 3.05) is 13.1 Å². The second-order valence-electron chi connectivity index (χ2n) is 5.46. The Bertz CT molecular complexity index is 248. The number of hydrogen-bond donors (Lipinski definition) is 1. The molecule has 0 aromatic carbocycles. The van der Waals surface area contributed by atoms with Gasteiger partial charge in [0.2, 0.25) is 0 Å². The van der Waals surface area contributed by atoms with Gasteiger partial charge in [-0.2, -0.15) is 0 Å². The van der Waals surface area contributed by atoms with Gasteiger partial charge in [-0.15, -0.1) is 0 Å². The van der Waals surface area contributed by atoms with E-state index in [1.54, 1.807) is 0 Å². The summed E-state index contributed by atoms with van der Waals surface area (Å²) in [6, 6.07) is 0.451. The molecule has 2 unspecified atom stereocenters. The Kier molecular flexibility index (Phi) is 4.19. The number of hydrogen-bond acceptors (Lipinski definition) is 3. The fraction of sp³-hybridized carbons (Fsp3) is 0.917. The fourth-order valence-electron chi connectivity index (χ4n) is 2.00. The Morgan fingerprint density at radius 1 is 1.44 bits per heavy atom. The van der Waals surface area contributed by atoms with Crippen LogP contribution in [-0.4, -0.2) is 41.8 Å². The SMILES string of the molecule is CCC1CNCC(C)N1C(=O)OC(C)(C)C. The molecule has 0 aromatic heterocycles. The van der Waals surface area contributed by atoms with Gasteiger partial charge < -0.3 is 10.1 Å². The van der Waals surface area contributed by atoms with E-state index in [2.05, 4.69) is 19.2 Å². The average molecular weight is 228 g/mol. The normalized spacial score (nSPS) is 26.7. The molecule has 1 heterocycles. The second kappa shape index (κ2) is 5.04. The van der Waals surface area contributed by atoms with E-state index >= 15 is 0 Å². The second-order valence-corrected chi connectivity index (χ2v) is 5.46. The fourth-order valence-corrected chi connectivity index (χ4v) is 2.00. The summed E-state index contributed by atoms with van der Waals surface area (Å²) in [5.41, 5.74) is -0.417. The van der Waals surface area contributed by atoms with Crippen LogP contribution in [0.15, 0.2) is 0 Å². The molecule has 1 N–H and O–H groups in total. The molecule has 0 bridgehead atoms. The van der Waals surface area contributed by atoms with E-state index in [1.807, 2.05) is 25.7 Å². The van der Waals surface area contributed by atoms with Crippen LogP contribution in [0.1, 0.15) is 41.0 Å². The van der Waals surface area contributed by atoms with Crippen molar-refractivity contribution in [3.63, 3.8) is 0 Å². The minimum absolute atomic E-state index is 0.187. The molecular formula is C12H24N2O2. The largest absolute Gasteiger partial charge is 0.444 e. The lowest BCUT2D eigenvalue weighted by molar-refractivity contribution is 0.0000782. The zero-order valence-corrected chi connectivity index (χ0v) is 11.0. The highest BCUT2D eigenvalue weighted by atomic mass is 16.6. The van der Waals surface area contributed by atoms with Gasteiger partial charge in [0.1, 0.15) is 5.60 Å². The smallest absolute Gasteiger partial charge is 0.410 e. The number of nitrogens with one attached hydrogen (secondary N) is 1. The predicted octanol–water partition coefficient (Wildman–Crippen LogP) is 1.99. The molecule has 16 heavy (non-hydrogen) atoms. The van der Waals surface area contributed by atoms with Crippen molar-refractivity contribution in [1.82, 2.24) is 10.2 Å². The molecule has 0 spiro atoms. The third-order valence-corrected chi connectivity index (χ3v) is 2.76. The zero-order chi connectivity index (χ0) is 12.3. The molecule has 0 radical (unpaired) electrons. The molecule has 4 nitrogen and oxygen atoms in total. The van der Waals surface area contributed by atoms with Crippen LogP contribution in [0.4, 0.5) is 4.79 Å². The number of rotatable bonds is 1. The van der Waals surface area contributed by atoms with Gasteiger partial charge in [0.15, 0.2) is 0 Å². The lowest BCUT2D eigenvalue weighted by atomic mass is 10.1. The Labute approximate surface area is 98.3 Å². The van der Waals surface area contributed by atoms with Gasteiger partial charge in [0, 0.05) is 25.2 Å². The molecular weight excluding hydrogens is 204 g/mol. The topological polar surface area (TPSA) is 41.6 Å². The first-order valence-electron chi connectivity index (χ1n) is 6.07. The Hall–Kier alpha value is -0.770. The third kappa shape index (κ3) is 3.37. The zero-order valence-electron chi connectivity index (χ0n) is 11.0. The van der Waals surface area contributed by atoms with Gasteiger partial charge in [-0.05, 0) is 34.1 Å². The average Bonchev–Trinajstić information content (AvgIpc) is 2.14. The predicted molar refractivity (Wildman–Crippen MR) is 64.5 cm³/mol. The molecule has 1 rings (SSSR count). The highest BCUT2D eigenvalue weighted by Crippen LogP contribution is 2.18. The lowest BCUT2D eigenvalue weighted by Gasteiger charge is -2.41. The first-order chi connectivity index (χ1) is 7.35. The number of carbonyl (C=O) groups excluding carboxylic acids is 1. The molecule has 0 saturated carbocycles. The van der Waals surface area contributed by atoms with Crippen molar-refractivity contribution in [2.45, 2.75) is 58.7 Å². The molecule has 4 heteroatoms. The first-order valence-corrected chi connectivity index (χ1v) is 6.07. The van der Waals surface area contributed by atoms with E-state index in [0.29, 0.717) is 0 Å². The van der Waals surface area contributed by atoms with Crippen LogP contribution in [-0.2, 0) is 4.74 Å². The van der Waals surface area contributed by atoms with Crippen LogP contribution >= 0.6 is 0 Å². The minimum atomic E-state index is -0.417. The standard InChI is InChI=1S/C12H24N2O2/c1-6-10-8-13-7-9(2)14(10)11(15)16-12(3,4)5/h9-10,13H,6-8H2,1-5H3. The van der Waals surface area contributed by atoms with Crippen LogP contribution < -0.4 is 5.32 Å².